The first-order valence-corrected chi connectivity index (χ1v) is 9.25. The molecular formula is C20H36O2. The lowest BCUT2D eigenvalue weighted by atomic mass is 10.1. The summed E-state index contributed by atoms with van der Waals surface area (Å²) in [6.45, 7) is 4.78. The minimum absolute atomic E-state index is 0.198. The first kappa shape index (κ1) is 20.9. The number of carbonyl (C=O) groups excluding carboxylic acids is 1. The molecule has 0 rings (SSSR count). The first-order valence-electron chi connectivity index (χ1n) is 9.25. The third kappa shape index (κ3) is 17.0. The van der Waals surface area contributed by atoms with Gasteiger partial charge in [0.05, 0.1) is 6.61 Å². The Bertz CT molecular complexity index is 292. The van der Waals surface area contributed by atoms with Gasteiger partial charge in [0.1, 0.15) is 0 Å². The normalized spacial score (nSPS) is 11.5. The van der Waals surface area contributed by atoms with Gasteiger partial charge in [0.25, 0.3) is 0 Å². The van der Waals surface area contributed by atoms with Gasteiger partial charge < -0.3 is 4.74 Å². The van der Waals surface area contributed by atoms with Crippen LogP contribution in [0.15, 0.2) is 24.3 Å². The van der Waals surface area contributed by atoms with Crippen LogP contribution in [0.5, 0.6) is 0 Å². The fourth-order valence-corrected chi connectivity index (χ4v) is 2.34. The molecule has 0 fully saturated rings. The predicted molar refractivity (Wildman–Crippen MR) is 96.0 cm³/mol. The molecule has 2 nitrogen and oxygen atoms in total. The summed E-state index contributed by atoms with van der Waals surface area (Å²) < 4.78 is 5.12. The fraction of sp³-hybridized carbons (Fsp3) is 0.750. The van der Waals surface area contributed by atoms with Crippen molar-refractivity contribution in [3.8, 4) is 0 Å². The zero-order chi connectivity index (χ0) is 16.3. The maximum absolute atomic E-state index is 11.4. The number of rotatable bonds is 15. The van der Waals surface area contributed by atoms with E-state index in [-0.39, 0.29) is 5.97 Å². The molecule has 0 aromatic rings. The van der Waals surface area contributed by atoms with E-state index in [2.05, 4.69) is 13.0 Å². The molecule has 0 atom stereocenters. The van der Waals surface area contributed by atoms with Gasteiger partial charge in [-0.3, -0.25) is 0 Å². The summed E-state index contributed by atoms with van der Waals surface area (Å²) in [6.07, 6.45) is 22.6. The second kappa shape index (κ2) is 18.0. The second-order valence-electron chi connectivity index (χ2n) is 5.90. The van der Waals surface area contributed by atoms with Crippen LogP contribution in [0.4, 0.5) is 0 Å². The van der Waals surface area contributed by atoms with Gasteiger partial charge >= 0.3 is 5.97 Å². The standard InChI is InChI=1S/C20H36O2/c1-3-5-7-9-10-11-12-13-14-15-16-18-20(21)22-19-17-8-6-4-2/h4,6,16,18H,3,5,7-15,17,19H2,1-2H3. The quantitative estimate of drug-likeness (QED) is 0.152. The van der Waals surface area contributed by atoms with Gasteiger partial charge in [-0.15, -0.1) is 0 Å². The van der Waals surface area contributed by atoms with Crippen molar-refractivity contribution < 1.29 is 9.53 Å². The lowest BCUT2D eigenvalue weighted by Gasteiger charge is -2.01. The lowest BCUT2D eigenvalue weighted by molar-refractivity contribution is -0.137. The van der Waals surface area contributed by atoms with E-state index in [1.165, 1.54) is 57.8 Å². The molecule has 0 N–H and O–H groups in total. The molecule has 128 valence electrons. The number of carbonyl (C=O) groups is 1. The Morgan fingerprint density at radius 1 is 0.818 bits per heavy atom. The summed E-state index contributed by atoms with van der Waals surface area (Å²) in [5, 5.41) is 0. The van der Waals surface area contributed by atoms with Crippen LogP contribution in [0.25, 0.3) is 0 Å². The molecule has 0 saturated heterocycles. The van der Waals surface area contributed by atoms with Crippen LogP contribution in [0, 0.1) is 0 Å². The van der Waals surface area contributed by atoms with Crippen LogP contribution in [-0.4, -0.2) is 12.6 Å². The highest BCUT2D eigenvalue weighted by atomic mass is 16.5. The molecule has 0 spiro atoms. The van der Waals surface area contributed by atoms with Gasteiger partial charge in [-0.2, -0.15) is 0 Å². The molecular weight excluding hydrogens is 272 g/mol. The average molecular weight is 309 g/mol. The van der Waals surface area contributed by atoms with E-state index >= 15 is 0 Å². The molecule has 0 bridgehead atoms. The van der Waals surface area contributed by atoms with Gasteiger partial charge in [-0.1, -0.05) is 76.5 Å². The molecule has 0 aliphatic carbocycles. The minimum atomic E-state index is -0.198. The number of unbranched alkanes of at least 4 members (excludes halogenated alkanes) is 10. The third-order valence-electron chi connectivity index (χ3n) is 3.72. The van der Waals surface area contributed by atoms with Gasteiger partial charge in [0.2, 0.25) is 0 Å². The number of hydrogen-bond acceptors (Lipinski definition) is 2. The molecule has 0 aliphatic rings. The van der Waals surface area contributed by atoms with Gasteiger partial charge in [0.15, 0.2) is 0 Å². The molecule has 0 unspecified atom stereocenters. The molecule has 0 aromatic heterocycles. The number of allylic oxidation sites excluding steroid dienone is 3. The smallest absolute Gasteiger partial charge is 0.330 e. The molecule has 22 heavy (non-hydrogen) atoms. The summed E-state index contributed by atoms with van der Waals surface area (Å²) in [7, 11) is 0. The fourth-order valence-electron chi connectivity index (χ4n) is 2.34. The van der Waals surface area contributed by atoms with E-state index in [1.54, 1.807) is 6.08 Å². The summed E-state index contributed by atoms with van der Waals surface area (Å²) in [4.78, 5) is 11.4. The van der Waals surface area contributed by atoms with Crippen molar-refractivity contribution in [3.63, 3.8) is 0 Å². The summed E-state index contributed by atoms with van der Waals surface area (Å²) in [5.74, 6) is -0.198. The zero-order valence-corrected chi connectivity index (χ0v) is 14.8. The van der Waals surface area contributed by atoms with E-state index < -0.39 is 0 Å². The Morgan fingerprint density at radius 3 is 2.05 bits per heavy atom. The van der Waals surface area contributed by atoms with Gasteiger partial charge in [-0.05, 0) is 32.6 Å². The van der Waals surface area contributed by atoms with Crippen LogP contribution in [0.2, 0.25) is 0 Å². The summed E-state index contributed by atoms with van der Waals surface area (Å²) >= 11 is 0. The maximum atomic E-state index is 11.4. The third-order valence-corrected chi connectivity index (χ3v) is 3.72. The van der Waals surface area contributed by atoms with E-state index in [9.17, 15) is 4.79 Å². The van der Waals surface area contributed by atoms with Crippen LogP contribution in [-0.2, 0) is 9.53 Å². The largest absolute Gasteiger partial charge is 0.463 e. The number of hydrogen-bond donors (Lipinski definition) is 0. The van der Waals surface area contributed by atoms with E-state index in [0.29, 0.717) is 6.61 Å². The van der Waals surface area contributed by atoms with Crippen molar-refractivity contribution in [1.29, 1.82) is 0 Å². The molecule has 0 amide bonds. The average Bonchev–Trinajstić information content (AvgIpc) is 2.52. The monoisotopic (exact) mass is 308 g/mol. The molecule has 2 heteroatoms. The van der Waals surface area contributed by atoms with Crippen LogP contribution < -0.4 is 0 Å². The van der Waals surface area contributed by atoms with Crippen molar-refractivity contribution in [2.24, 2.45) is 0 Å². The molecule has 0 saturated carbocycles. The van der Waals surface area contributed by atoms with Crippen molar-refractivity contribution in [2.45, 2.75) is 90.9 Å². The molecule has 0 aromatic carbocycles. The Hall–Kier alpha value is -1.05. The SMILES string of the molecule is CC=CCCCOC(=O)C=CCCCCCCCCCCC. The Labute approximate surface area is 138 Å². The minimum Gasteiger partial charge on any atom is -0.463 e. The number of ether oxygens (including phenoxy) is 1. The highest BCUT2D eigenvalue weighted by Gasteiger charge is 1.95. The van der Waals surface area contributed by atoms with Crippen LogP contribution in [0.3, 0.4) is 0 Å². The molecule has 0 aliphatic heterocycles. The Balaban J connectivity index is 3.26. The zero-order valence-electron chi connectivity index (χ0n) is 14.8. The Morgan fingerprint density at radius 2 is 1.41 bits per heavy atom. The lowest BCUT2D eigenvalue weighted by Crippen LogP contribution is -2.01. The van der Waals surface area contributed by atoms with Crippen molar-refractivity contribution in [3.05, 3.63) is 24.3 Å². The van der Waals surface area contributed by atoms with Crippen molar-refractivity contribution in [2.75, 3.05) is 6.61 Å². The van der Waals surface area contributed by atoms with Gasteiger partial charge in [-0.25, -0.2) is 4.79 Å². The van der Waals surface area contributed by atoms with E-state index in [0.717, 1.165) is 19.3 Å². The molecule has 0 radical (unpaired) electrons. The van der Waals surface area contributed by atoms with Crippen LogP contribution in [0.1, 0.15) is 90.9 Å². The summed E-state index contributed by atoms with van der Waals surface area (Å²) in [6, 6.07) is 0. The predicted octanol–water partition coefficient (Wildman–Crippen LogP) is 6.36. The molecule has 0 heterocycles. The van der Waals surface area contributed by atoms with E-state index in [1.807, 2.05) is 19.1 Å². The first-order chi connectivity index (χ1) is 10.8. The topological polar surface area (TPSA) is 26.3 Å². The van der Waals surface area contributed by atoms with Crippen molar-refractivity contribution >= 4 is 5.97 Å². The van der Waals surface area contributed by atoms with Gasteiger partial charge in [0, 0.05) is 6.08 Å². The second-order valence-corrected chi connectivity index (χ2v) is 5.90. The van der Waals surface area contributed by atoms with Crippen LogP contribution >= 0.6 is 0 Å². The van der Waals surface area contributed by atoms with E-state index in [4.69, 9.17) is 4.74 Å². The maximum Gasteiger partial charge on any atom is 0.330 e. The Kier molecular flexibility index (Phi) is 17.1. The highest BCUT2D eigenvalue weighted by Crippen LogP contribution is 2.10. The summed E-state index contributed by atoms with van der Waals surface area (Å²) in [5.41, 5.74) is 0. The highest BCUT2D eigenvalue weighted by molar-refractivity contribution is 5.81. The number of esters is 1. The van der Waals surface area contributed by atoms with Crippen molar-refractivity contribution in [1.82, 2.24) is 0 Å².